The minimum absolute atomic E-state index is 0. The Hall–Kier alpha value is -2.57. The van der Waals surface area contributed by atoms with Gasteiger partial charge in [-0.25, -0.2) is 24.4 Å². The quantitative estimate of drug-likeness (QED) is 0.223. The number of hydrogen-bond donors (Lipinski definition) is 5. The van der Waals surface area contributed by atoms with Gasteiger partial charge in [0.1, 0.15) is 29.2 Å². The number of nitrogen functional groups attached to an aromatic ring is 1. The van der Waals surface area contributed by atoms with Crippen LogP contribution in [-0.2, 0) is 46.9 Å². The number of nitrogens with two attached hydrogens (primary N) is 1. The number of fused-ring (bicyclic) bond motifs is 1. The largest absolute Gasteiger partial charge is 0.506 e. The van der Waals surface area contributed by atoms with E-state index in [9.17, 15) is 9.59 Å². The molecule has 1 aliphatic heterocycles. The van der Waals surface area contributed by atoms with E-state index in [1.54, 1.807) is 46.1 Å². The van der Waals surface area contributed by atoms with E-state index in [1.807, 2.05) is 32.9 Å². The molecule has 0 saturated carbocycles. The molecule has 6 N–H and O–H groups in total. The minimum atomic E-state index is -1.21. The Labute approximate surface area is 285 Å². The van der Waals surface area contributed by atoms with Crippen LogP contribution in [0.25, 0.3) is 5.52 Å². The molecule has 3 heterocycles. The smallest absolute Gasteiger partial charge is 0.450 e. The van der Waals surface area contributed by atoms with Crippen LogP contribution in [0, 0.1) is 11.8 Å². The third kappa shape index (κ3) is 19.7. The molecule has 0 spiro atoms. The molecule has 44 heavy (non-hydrogen) atoms. The normalized spacial score (nSPS) is 15.7. The fourth-order valence-electron chi connectivity index (χ4n) is 2.89. The van der Waals surface area contributed by atoms with Crippen LogP contribution in [-0.4, -0.2) is 76.8 Å². The molecule has 0 bridgehead atoms. The molecular weight excluding hydrogens is 651 g/mol. The minimum Gasteiger partial charge on any atom is -0.450 e. The monoisotopic (exact) mass is 702 g/mol. The van der Waals surface area contributed by atoms with Gasteiger partial charge in [-0.2, -0.15) is 5.10 Å². The van der Waals surface area contributed by atoms with Crippen molar-refractivity contribution in [1.29, 1.82) is 5.26 Å². The summed E-state index contributed by atoms with van der Waals surface area (Å²) >= 11 is 0. The van der Waals surface area contributed by atoms with E-state index in [1.165, 1.54) is 6.33 Å². The van der Waals surface area contributed by atoms with Gasteiger partial charge in [-0.3, -0.25) is 0 Å². The van der Waals surface area contributed by atoms with Crippen molar-refractivity contribution < 1.29 is 76.9 Å². The first-order valence-corrected chi connectivity index (χ1v) is 14.0. The van der Waals surface area contributed by atoms with Crippen LogP contribution < -0.4 is 5.73 Å². The fourth-order valence-corrected chi connectivity index (χ4v) is 2.89. The van der Waals surface area contributed by atoms with Crippen LogP contribution in [0.4, 0.5) is 15.4 Å². The van der Waals surface area contributed by atoms with Gasteiger partial charge >= 0.3 is 12.3 Å². The van der Waals surface area contributed by atoms with Crippen molar-refractivity contribution in [3.05, 3.63) is 24.2 Å². The van der Waals surface area contributed by atoms with E-state index < -0.39 is 29.1 Å². The van der Waals surface area contributed by atoms with Gasteiger partial charge in [0, 0.05) is 39.3 Å². The Kier molecular flexibility index (Phi) is 23.0. The summed E-state index contributed by atoms with van der Waals surface area (Å²) in [5.41, 5.74) is 5.99. The summed E-state index contributed by atoms with van der Waals surface area (Å²) in [6.07, 6.45) is 2.91. The first-order chi connectivity index (χ1) is 19.8. The molecule has 2 aromatic rings. The zero-order valence-electron chi connectivity index (χ0n) is 27.5. The SMILES string of the molecule is C#N.CCC(C)(C)O.CCC(C)(C)OC(=O)O.CCC(C)(C)OC(=O)O.Nc1ncnn2c(C3CCC(CO)O3)ccc12.[Y]. The molecule has 0 amide bonds. The van der Waals surface area contributed by atoms with Gasteiger partial charge in [-0.15, -0.1) is 0 Å². The maximum Gasteiger partial charge on any atom is 0.506 e. The molecule has 2 unspecified atom stereocenters. The van der Waals surface area contributed by atoms with Gasteiger partial charge < -0.3 is 40.4 Å². The van der Waals surface area contributed by atoms with Crippen molar-refractivity contribution in [2.75, 3.05) is 12.3 Å². The number of rotatable bonds is 7. The first-order valence-electron chi connectivity index (χ1n) is 14.0. The molecule has 0 aromatic carbocycles. The molecular formula is C29H51N5O9Y. The number of aromatic nitrogens is 3. The molecule has 3 rings (SSSR count). The summed E-state index contributed by atoms with van der Waals surface area (Å²) < 4.78 is 16.5. The van der Waals surface area contributed by atoms with Crippen molar-refractivity contribution in [3.63, 3.8) is 0 Å². The first kappa shape index (κ1) is 45.9. The molecule has 2 aromatic heterocycles. The van der Waals surface area contributed by atoms with Crippen molar-refractivity contribution in [1.82, 2.24) is 14.6 Å². The average molecular weight is 703 g/mol. The Balaban J connectivity index is -0.000000540. The van der Waals surface area contributed by atoms with Crippen LogP contribution in [0.15, 0.2) is 18.5 Å². The fraction of sp³-hybridized carbons (Fsp3) is 0.690. The Morgan fingerprint density at radius 1 is 1.00 bits per heavy atom. The number of hydrogen-bond acceptors (Lipinski definition) is 11. The van der Waals surface area contributed by atoms with Gasteiger partial charge in [-0.05, 0) is 85.8 Å². The summed E-state index contributed by atoms with van der Waals surface area (Å²) in [5, 5.41) is 44.9. The van der Waals surface area contributed by atoms with Crippen LogP contribution in [0.2, 0.25) is 0 Å². The summed E-state index contributed by atoms with van der Waals surface area (Å²) in [5.74, 6) is 0.461. The van der Waals surface area contributed by atoms with Gasteiger partial charge in [0.05, 0.1) is 24.0 Å². The third-order valence-corrected chi connectivity index (χ3v) is 6.45. The standard InChI is InChI=1S/C11H14N4O2.2C6H12O3.C5H12O.CHN.Y/c12-11-9-3-2-8(15(9)14-6-13-11)10-4-1-7(5-16)17-10;2*1-4-6(2,3)9-5(7)8;1-4-5(2,3)6;1-2;/h2-3,6-7,10,16H,1,4-5H2,(H2,12,13,14);2*4H2,1-3H3,(H,7,8);6H,4H2,1-3H3;1H;. The van der Waals surface area contributed by atoms with Crippen molar-refractivity contribution in [2.24, 2.45) is 0 Å². The predicted molar refractivity (Wildman–Crippen MR) is 162 cm³/mol. The van der Waals surface area contributed by atoms with E-state index in [2.05, 4.69) is 26.1 Å². The van der Waals surface area contributed by atoms with E-state index in [0.29, 0.717) is 18.7 Å². The Morgan fingerprint density at radius 3 is 1.77 bits per heavy atom. The molecule has 1 radical (unpaired) electrons. The molecule has 1 saturated heterocycles. The Morgan fingerprint density at radius 2 is 1.45 bits per heavy atom. The van der Waals surface area contributed by atoms with Crippen LogP contribution >= 0.6 is 0 Å². The number of nitriles is 1. The Bertz CT molecular complexity index is 1090. The predicted octanol–water partition coefficient (Wildman–Crippen LogP) is 5.57. The van der Waals surface area contributed by atoms with Crippen LogP contribution in [0.5, 0.6) is 0 Å². The van der Waals surface area contributed by atoms with E-state index >= 15 is 0 Å². The molecule has 1 fully saturated rings. The maximum atomic E-state index is 9.95. The van der Waals surface area contributed by atoms with Crippen molar-refractivity contribution in [3.8, 4) is 6.57 Å². The third-order valence-electron chi connectivity index (χ3n) is 6.45. The summed E-state index contributed by atoms with van der Waals surface area (Å²) in [6.45, 7) is 19.8. The topological polar surface area (TPSA) is 223 Å². The molecule has 0 aliphatic carbocycles. The van der Waals surface area contributed by atoms with E-state index in [4.69, 9.17) is 36.2 Å². The number of aliphatic hydroxyl groups is 2. The number of ether oxygens (including phenoxy) is 3. The molecule has 249 valence electrons. The zero-order valence-corrected chi connectivity index (χ0v) is 30.3. The second-order valence-corrected chi connectivity index (χ2v) is 11.3. The maximum absolute atomic E-state index is 9.95. The summed E-state index contributed by atoms with van der Waals surface area (Å²) in [7, 11) is 0. The van der Waals surface area contributed by atoms with Crippen molar-refractivity contribution in [2.45, 2.75) is 123 Å². The van der Waals surface area contributed by atoms with Gasteiger partial charge in [0.2, 0.25) is 0 Å². The number of anilines is 1. The zero-order chi connectivity index (χ0) is 34.0. The van der Waals surface area contributed by atoms with Crippen molar-refractivity contribution >= 4 is 23.6 Å². The van der Waals surface area contributed by atoms with E-state index in [-0.39, 0.29) is 51.5 Å². The number of aliphatic hydroxyl groups excluding tert-OH is 1. The van der Waals surface area contributed by atoms with Crippen LogP contribution in [0.1, 0.15) is 106 Å². The molecule has 2 atom stereocenters. The van der Waals surface area contributed by atoms with Gasteiger partial charge in [-0.1, -0.05) is 20.8 Å². The number of nitrogens with zero attached hydrogens (tertiary/aromatic N) is 4. The summed E-state index contributed by atoms with van der Waals surface area (Å²) in [6, 6.07) is 3.84. The number of carbonyl (C=O) groups is 2. The van der Waals surface area contributed by atoms with Gasteiger partial charge in [0.25, 0.3) is 0 Å². The van der Waals surface area contributed by atoms with E-state index in [0.717, 1.165) is 30.5 Å². The molecule has 1 aliphatic rings. The second-order valence-electron chi connectivity index (χ2n) is 11.3. The van der Waals surface area contributed by atoms with Crippen LogP contribution in [0.3, 0.4) is 0 Å². The van der Waals surface area contributed by atoms with Gasteiger partial charge in [0.15, 0.2) is 5.82 Å². The average Bonchev–Trinajstić information content (AvgIpc) is 3.57. The summed E-state index contributed by atoms with van der Waals surface area (Å²) in [4.78, 5) is 23.8. The molecule has 14 nitrogen and oxygen atoms in total. The second kappa shape index (κ2) is 22.0. The number of carboxylic acid groups (broad SMARTS) is 2. The molecule has 15 heteroatoms.